The fraction of sp³-hybridized carbons (Fsp3) is 0.417. The largest absolute Gasteiger partial charge is 0.468 e. The Kier molecular flexibility index (Phi) is 6.33. The number of benzene rings is 2. The fourth-order valence-electron chi connectivity index (χ4n) is 4.20. The van der Waals surface area contributed by atoms with E-state index in [1.54, 1.807) is 6.07 Å². The van der Waals surface area contributed by atoms with E-state index in [-0.39, 0.29) is 6.61 Å². The molecule has 1 fully saturated rings. The van der Waals surface area contributed by atoms with E-state index in [0.29, 0.717) is 5.69 Å². The number of esters is 1. The summed E-state index contributed by atoms with van der Waals surface area (Å²) in [6.07, 6.45) is -0.642. The molecule has 4 rings (SSSR count). The van der Waals surface area contributed by atoms with E-state index < -0.39 is 42.2 Å². The van der Waals surface area contributed by atoms with Gasteiger partial charge in [0.1, 0.15) is 12.6 Å². The highest BCUT2D eigenvalue weighted by molar-refractivity contribution is 9.10. The van der Waals surface area contributed by atoms with Crippen LogP contribution >= 0.6 is 15.9 Å². The van der Waals surface area contributed by atoms with Crippen molar-refractivity contribution in [2.45, 2.75) is 57.4 Å². The lowest BCUT2D eigenvalue weighted by molar-refractivity contribution is -0.142. The summed E-state index contributed by atoms with van der Waals surface area (Å²) in [6, 6.07) is 13.8. The lowest BCUT2D eigenvalue weighted by Crippen LogP contribution is -2.49. The van der Waals surface area contributed by atoms with Gasteiger partial charge in [0, 0.05) is 4.47 Å². The van der Waals surface area contributed by atoms with Crippen molar-refractivity contribution in [1.82, 2.24) is 0 Å². The van der Waals surface area contributed by atoms with Gasteiger partial charge in [0.15, 0.2) is 0 Å². The van der Waals surface area contributed by atoms with Gasteiger partial charge in [-0.1, -0.05) is 46.3 Å². The molecule has 2 aliphatic rings. The Morgan fingerprint density at radius 3 is 2.30 bits per heavy atom. The van der Waals surface area contributed by atoms with Gasteiger partial charge in [-0.15, -0.1) is 0 Å². The van der Waals surface area contributed by atoms with Gasteiger partial charge in [-0.05, 0) is 57.0 Å². The summed E-state index contributed by atoms with van der Waals surface area (Å²) >= 11 is 3.51. The summed E-state index contributed by atoms with van der Waals surface area (Å²) in [7, 11) is 0.537. The molecule has 1 saturated heterocycles. The smallest absolute Gasteiger partial charge is 0.467 e. The predicted molar refractivity (Wildman–Crippen MR) is 128 cm³/mol. The second-order valence-electron chi connectivity index (χ2n) is 9.23. The Balaban J connectivity index is 1.72. The molecule has 2 heterocycles. The molecule has 2 aromatic rings. The van der Waals surface area contributed by atoms with Crippen LogP contribution in [-0.2, 0) is 30.2 Å². The topological polar surface area (TPSA) is 74.3 Å². The van der Waals surface area contributed by atoms with Gasteiger partial charge in [0.05, 0.1) is 29.8 Å². The molecule has 2 aliphatic heterocycles. The summed E-state index contributed by atoms with van der Waals surface area (Å²) in [4.78, 5) is 27.7. The SMILES string of the molecule is COC(=O)[C@H]1[C@@H](B2OC(C)(C)C(C)(C)O2)c2cc(Br)ccc2N1C(=O)OCc1ccccc1. The van der Waals surface area contributed by atoms with E-state index >= 15 is 0 Å². The normalized spacial score (nSPS) is 22.7. The summed E-state index contributed by atoms with van der Waals surface area (Å²) < 4.78 is 24.1. The highest BCUT2D eigenvalue weighted by atomic mass is 79.9. The fourth-order valence-corrected chi connectivity index (χ4v) is 4.58. The van der Waals surface area contributed by atoms with Gasteiger partial charge >= 0.3 is 19.2 Å². The third kappa shape index (κ3) is 4.29. The number of amides is 1. The van der Waals surface area contributed by atoms with E-state index in [9.17, 15) is 9.59 Å². The first-order valence-electron chi connectivity index (χ1n) is 10.8. The summed E-state index contributed by atoms with van der Waals surface area (Å²) in [5.41, 5.74) is 0.942. The van der Waals surface area contributed by atoms with Crippen molar-refractivity contribution in [3.05, 3.63) is 64.1 Å². The molecule has 0 saturated carbocycles. The van der Waals surface area contributed by atoms with Crippen LogP contribution in [0.3, 0.4) is 0 Å². The zero-order chi connectivity index (χ0) is 24.0. The average molecular weight is 516 g/mol. The molecule has 0 bridgehead atoms. The molecule has 7 nitrogen and oxygen atoms in total. The number of halogens is 1. The molecule has 0 N–H and O–H groups in total. The molecular weight excluding hydrogens is 489 g/mol. The molecule has 9 heteroatoms. The highest BCUT2D eigenvalue weighted by Gasteiger charge is 2.61. The first-order chi connectivity index (χ1) is 15.6. The van der Waals surface area contributed by atoms with Crippen molar-refractivity contribution in [3.8, 4) is 0 Å². The second-order valence-corrected chi connectivity index (χ2v) is 10.1. The van der Waals surface area contributed by atoms with Gasteiger partial charge in [0.25, 0.3) is 0 Å². The molecule has 2 aromatic carbocycles. The number of anilines is 1. The first kappa shape index (κ1) is 23.8. The number of hydrogen-bond donors (Lipinski definition) is 0. The molecule has 33 heavy (non-hydrogen) atoms. The Morgan fingerprint density at radius 1 is 1.06 bits per heavy atom. The number of carbonyl (C=O) groups is 2. The standard InChI is InChI=1S/C24H27BBrNO6/c1-23(2)24(3,4)33-25(32-23)19-17-13-16(26)11-12-18(17)27(20(19)21(28)30-5)22(29)31-14-15-9-7-6-8-10-15/h6-13,19-20H,14H2,1-5H3/t19-,20+/m0/s1. The van der Waals surface area contributed by atoms with Crippen LogP contribution in [0, 0.1) is 0 Å². The molecule has 174 valence electrons. The molecular formula is C24H27BBrNO6. The van der Waals surface area contributed by atoms with Crippen LogP contribution in [0.25, 0.3) is 0 Å². The Hall–Kier alpha value is -2.36. The summed E-state index contributed by atoms with van der Waals surface area (Å²) in [5.74, 6) is -1.17. The zero-order valence-electron chi connectivity index (χ0n) is 19.3. The Labute approximate surface area is 202 Å². The quantitative estimate of drug-likeness (QED) is 0.427. The van der Waals surface area contributed by atoms with Gasteiger partial charge in [-0.2, -0.15) is 0 Å². The third-order valence-corrected chi connectivity index (χ3v) is 7.13. The van der Waals surface area contributed by atoms with Crippen LogP contribution in [0.4, 0.5) is 10.5 Å². The number of methoxy groups -OCH3 is 1. The van der Waals surface area contributed by atoms with Crippen LogP contribution in [0.5, 0.6) is 0 Å². The van der Waals surface area contributed by atoms with Crippen molar-refractivity contribution < 1.29 is 28.4 Å². The molecule has 0 aromatic heterocycles. The number of nitrogens with zero attached hydrogens (tertiary/aromatic N) is 1. The van der Waals surface area contributed by atoms with Crippen LogP contribution in [0.2, 0.25) is 0 Å². The number of carbonyl (C=O) groups excluding carboxylic acids is 2. The number of fused-ring (bicyclic) bond motifs is 1. The Bertz CT molecular complexity index is 1040. The van der Waals surface area contributed by atoms with Crippen molar-refractivity contribution in [2.75, 3.05) is 12.0 Å². The minimum absolute atomic E-state index is 0.0804. The maximum atomic E-state index is 13.3. The van der Waals surface area contributed by atoms with E-state index in [1.165, 1.54) is 12.0 Å². The predicted octanol–water partition coefficient (Wildman–Crippen LogP) is 4.86. The molecule has 0 aliphatic carbocycles. The minimum Gasteiger partial charge on any atom is -0.467 e. The molecule has 2 atom stereocenters. The molecule has 1 amide bonds. The van der Waals surface area contributed by atoms with Crippen molar-refractivity contribution in [3.63, 3.8) is 0 Å². The average Bonchev–Trinajstić information content (AvgIpc) is 3.21. The summed E-state index contributed by atoms with van der Waals surface area (Å²) in [6.45, 7) is 7.87. The van der Waals surface area contributed by atoms with E-state index in [4.69, 9.17) is 18.8 Å². The van der Waals surface area contributed by atoms with Gasteiger partial charge in [-0.3, -0.25) is 4.90 Å². The van der Waals surface area contributed by atoms with Crippen molar-refractivity contribution in [2.24, 2.45) is 0 Å². The first-order valence-corrected chi connectivity index (χ1v) is 11.6. The molecule has 0 spiro atoms. The minimum atomic E-state index is -1.00. The lowest BCUT2D eigenvalue weighted by atomic mass is 9.65. The molecule has 0 radical (unpaired) electrons. The van der Waals surface area contributed by atoms with E-state index in [1.807, 2.05) is 70.2 Å². The highest BCUT2D eigenvalue weighted by Crippen LogP contribution is 2.49. The number of hydrogen-bond acceptors (Lipinski definition) is 6. The van der Waals surface area contributed by atoms with E-state index in [0.717, 1.165) is 15.6 Å². The van der Waals surface area contributed by atoms with E-state index in [2.05, 4.69) is 15.9 Å². The van der Waals surface area contributed by atoms with Crippen molar-refractivity contribution >= 4 is 40.8 Å². The van der Waals surface area contributed by atoms with Gasteiger partial charge < -0.3 is 18.8 Å². The maximum Gasteiger partial charge on any atom is 0.468 e. The van der Waals surface area contributed by atoms with Crippen LogP contribution in [-0.4, -0.2) is 43.5 Å². The van der Waals surface area contributed by atoms with Gasteiger partial charge in [-0.25, -0.2) is 9.59 Å². The molecule has 0 unspecified atom stereocenters. The number of rotatable bonds is 4. The van der Waals surface area contributed by atoms with Gasteiger partial charge in [0.2, 0.25) is 0 Å². The van der Waals surface area contributed by atoms with Crippen LogP contribution in [0.15, 0.2) is 53.0 Å². The maximum absolute atomic E-state index is 13.3. The lowest BCUT2D eigenvalue weighted by Gasteiger charge is -2.32. The van der Waals surface area contributed by atoms with Crippen LogP contribution < -0.4 is 4.90 Å². The second kappa shape index (κ2) is 8.78. The summed E-state index contributed by atoms with van der Waals surface area (Å²) in [5, 5.41) is 0. The third-order valence-electron chi connectivity index (χ3n) is 6.64. The monoisotopic (exact) mass is 515 g/mol. The Morgan fingerprint density at radius 2 is 1.70 bits per heavy atom. The van der Waals surface area contributed by atoms with Crippen molar-refractivity contribution in [1.29, 1.82) is 0 Å². The number of ether oxygens (including phenoxy) is 2. The zero-order valence-corrected chi connectivity index (χ0v) is 20.9. The van der Waals surface area contributed by atoms with Crippen LogP contribution in [0.1, 0.15) is 44.6 Å².